The largest absolute Gasteiger partial charge is 0.456 e. The molecule has 2 fully saturated rings. The molecule has 4 aromatic rings. The topological polar surface area (TPSA) is 41.0 Å². The van der Waals surface area contributed by atoms with E-state index in [9.17, 15) is 13.2 Å². The van der Waals surface area contributed by atoms with Crippen LogP contribution >= 0.6 is 35.1 Å². The molecule has 0 amide bonds. The monoisotopic (exact) mass is 602 g/mol. The zero-order valence-electron chi connectivity index (χ0n) is 21.5. The van der Waals surface area contributed by atoms with Gasteiger partial charge in [-0.15, -0.1) is 0 Å². The predicted molar refractivity (Wildman–Crippen MR) is 157 cm³/mol. The van der Waals surface area contributed by atoms with Crippen LogP contribution in [0.2, 0.25) is 10.0 Å². The molecule has 1 aliphatic heterocycles. The van der Waals surface area contributed by atoms with Gasteiger partial charge in [-0.3, -0.25) is 0 Å². The van der Waals surface area contributed by atoms with Crippen LogP contribution in [0.4, 0.5) is 19.0 Å². The second kappa shape index (κ2) is 11.4. The molecule has 0 spiro atoms. The number of rotatable bonds is 7. The van der Waals surface area contributed by atoms with Gasteiger partial charge in [-0.1, -0.05) is 53.5 Å². The van der Waals surface area contributed by atoms with Gasteiger partial charge in [-0.25, -0.2) is 14.3 Å². The van der Waals surface area contributed by atoms with E-state index in [1.54, 1.807) is 0 Å². The Morgan fingerprint density at radius 1 is 0.800 bits per heavy atom. The minimum atomic E-state index is -4.26. The lowest BCUT2D eigenvalue weighted by molar-refractivity contribution is -0.0366. The van der Waals surface area contributed by atoms with Gasteiger partial charge in [0.05, 0.1) is 5.52 Å². The van der Waals surface area contributed by atoms with Crippen LogP contribution in [0.25, 0.3) is 10.9 Å². The van der Waals surface area contributed by atoms with E-state index in [0.717, 1.165) is 52.1 Å². The summed E-state index contributed by atoms with van der Waals surface area (Å²) in [5.74, 6) is 1.88. The highest BCUT2D eigenvalue weighted by Crippen LogP contribution is 2.41. The first-order chi connectivity index (χ1) is 19.2. The first-order valence-electron chi connectivity index (χ1n) is 13.3. The summed E-state index contributed by atoms with van der Waals surface area (Å²) in [7, 11) is 0. The first kappa shape index (κ1) is 27.6. The normalized spacial score (nSPS) is 17.1. The minimum absolute atomic E-state index is 0.0298. The molecule has 0 bridgehead atoms. The molecular weight excluding hydrogens is 576 g/mol. The van der Waals surface area contributed by atoms with Crippen molar-refractivity contribution in [3.05, 3.63) is 99.3 Å². The highest BCUT2D eigenvalue weighted by atomic mass is 35.5. The fourth-order valence-electron chi connectivity index (χ4n) is 5.30. The molecule has 1 saturated carbocycles. The summed E-state index contributed by atoms with van der Waals surface area (Å²) < 4.78 is 39.9. The van der Waals surface area contributed by atoms with Crippen LogP contribution in [0.15, 0.2) is 66.7 Å². The van der Waals surface area contributed by atoms with Gasteiger partial charge in [0.15, 0.2) is 0 Å². The highest BCUT2D eigenvalue weighted by Gasteiger charge is 2.34. The highest BCUT2D eigenvalue weighted by molar-refractivity contribution is 7.97. The van der Waals surface area contributed by atoms with Crippen LogP contribution in [0.3, 0.4) is 0 Å². The first-order valence-corrected chi connectivity index (χ1v) is 14.8. The minimum Gasteiger partial charge on any atom is -0.367 e. The van der Waals surface area contributed by atoms with Gasteiger partial charge in [-0.2, -0.15) is 13.2 Å². The van der Waals surface area contributed by atoms with Gasteiger partial charge in [0.25, 0.3) is 0 Å². The van der Waals surface area contributed by atoms with Crippen LogP contribution in [0, 0.1) is 0 Å². The molecule has 6 rings (SSSR count). The molecule has 1 aliphatic carbocycles. The summed E-state index contributed by atoms with van der Waals surface area (Å²) in [4.78, 5) is 9.84. The number of nitrogens with one attached hydrogen (secondary N) is 1. The number of piperidine rings is 1. The molecule has 1 aromatic heterocycles. The second-order valence-corrected chi connectivity index (χ2v) is 12.4. The lowest BCUT2D eigenvalue weighted by Gasteiger charge is -2.32. The van der Waals surface area contributed by atoms with Gasteiger partial charge in [0.1, 0.15) is 11.6 Å². The molecule has 1 saturated heterocycles. The van der Waals surface area contributed by atoms with Crippen molar-refractivity contribution in [1.82, 2.24) is 14.3 Å². The van der Waals surface area contributed by atoms with Gasteiger partial charge in [-0.05, 0) is 78.8 Å². The second-order valence-electron chi connectivity index (χ2n) is 10.4. The molecule has 0 atom stereocenters. The molecule has 1 N–H and O–H groups in total. The maximum Gasteiger partial charge on any atom is 0.456 e. The van der Waals surface area contributed by atoms with Gasteiger partial charge in [0.2, 0.25) is 0 Å². The zero-order valence-corrected chi connectivity index (χ0v) is 23.8. The van der Waals surface area contributed by atoms with E-state index in [-0.39, 0.29) is 23.9 Å². The number of alkyl halides is 3. The lowest BCUT2D eigenvalue weighted by Crippen LogP contribution is -2.37. The van der Waals surface area contributed by atoms with Crippen molar-refractivity contribution >= 4 is 51.9 Å². The summed E-state index contributed by atoms with van der Waals surface area (Å²) in [5.41, 5.74) is -0.154. The van der Waals surface area contributed by atoms with Crippen molar-refractivity contribution in [3.63, 3.8) is 0 Å². The Hall–Kier alpha value is -2.52. The fourth-order valence-corrected chi connectivity index (χ4v) is 6.23. The molecule has 10 heteroatoms. The maximum absolute atomic E-state index is 12.8. The Morgan fingerprint density at radius 2 is 1.38 bits per heavy atom. The number of benzene rings is 3. The number of aromatic nitrogens is 2. The molecule has 3 aromatic carbocycles. The molecule has 0 unspecified atom stereocenters. The Bertz CT molecular complexity index is 1440. The summed E-state index contributed by atoms with van der Waals surface area (Å²) >= 11 is 12.4. The summed E-state index contributed by atoms with van der Waals surface area (Å²) in [6.07, 6.45) is 3.35. The summed E-state index contributed by atoms with van der Waals surface area (Å²) in [6, 6.07) is 22.0. The molecule has 40 heavy (non-hydrogen) atoms. The Morgan fingerprint density at radius 3 is 1.93 bits per heavy atom. The Labute approximate surface area is 245 Å². The smallest absolute Gasteiger partial charge is 0.367 e. The van der Waals surface area contributed by atoms with Crippen LogP contribution in [-0.2, 0) is 0 Å². The maximum atomic E-state index is 12.8. The average Bonchev–Trinajstić information content (AvgIpc) is 3.77. The zero-order chi connectivity index (χ0) is 27.9. The van der Waals surface area contributed by atoms with E-state index in [1.165, 1.54) is 4.31 Å². The number of hydrogen-bond acceptors (Lipinski definition) is 5. The van der Waals surface area contributed by atoms with E-state index in [2.05, 4.69) is 17.4 Å². The van der Waals surface area contributed by atoms with Gasteiger partial charge in [0, 0.05) is 58.3 Å². The van der Waals surface area contributed by atoms with E-state index in [1.807, 2.05) is 54.6 Å². The lowest BCUT2D eigenvalue weighted by atomic mass is 9.84. The molecule has 0 radical (unpaired) electrons. The standard InChI is InChI=1S/C30H27Cl2F3N4S/c31-22-8-3-18(4-9-22)27(19-5-10-23(32)11-6-19)21-7-12-26-25(17-21)29(38-28(37-26)20-1-2-20)36-24-13-15-39(16-14-24)40-30(33,34)35/h3-12,17,20,24,27H,1-2,13-16H2,(H,36,37,38). The van der Waals surface area contributed by atoms with Crippen LogP contribution in [-0.4, -0.2) is 38.9 Å². The molecule has 4 nitrogen and oxygen atoms in total. The summed E-state index contributed by atoms with van der Waals surface area (Å²) in [6.45, 7) is 0.724. The molecule has 208 valence electrons. The fraction of sp³-hybridized carbons (Fsp3) is 0.333. The van der Waals surface area contributed by atoms with Crippen molar-refractivity contribution < 1.29 is 13.2 Å². The number of halogens is 5. The van der Waals surface area contributed by atoms with Crippen molar-refractivity contribution in [3.8, 4) is 0 Å². The third-order valence-corrected chi connectivity index (χ3v) is 8.78. The quantitative estimate of drug-likeness (QED) is 0.169. The third kappa shape index (κ3) is 6.51. The third-order valence-electron chi connectivity index (χ3n) is 7.45. The number of hydrogen-bond donors (Lipinski definition) is 1. The van der Waals surface area contributed by atoms with Crippen LogP contribution in [0.5, 0.6) is 0 Å². The van der Waals surface area contributed by atoms with Crippen molar-refractivity contribution in [2.24, 2.45) is 0 Å². The Kier molecular flexibility index (Phi) is 7.87. The van der Waals surface area contributed by atoms with Crippen molar-refractivity contribution in [2.75, 3.05) is 18.4 Å². The van der Waals surface area contributed by atoms with Gasteiger partial charge >= 0.3 is 5.51 Å². The molecule has 2 aliphatic rings. The van der Waals surface area contributed by atoms with E-state index >= 15 is 0 Å². The number of fused-ring (bicyclic) bond motifs is 1. The molecular formula is C30H27Cl2F3N4S. The predicted octanol–water partition coefficient (Wildman–Crippen LogP) is 9.04. The summed E-state index contributed by atoms with van der Waals surface area (Å²) in [5, 5.41) is 5.83. The average molecular weight is 604 g/mol. The van der Waals surface area contributed by atoms with Crippen molar-refractivity contribution in [1.29, 1.82) is 0 Å². The Balaban J connectivity index is 1.36. The van der Waals surface area contributed by atoms with E-state index < -0.39 is 5.51 Å². The van der Waals surface area contributed by atoms with Crippen molar-refractivity contribution in [2.45, 2.75) is 49.1 Å². The SMILES string of the molecule is FC(F)(F)SN1CCC(Nc2nc(C3CC3)nc3ccc(C(c4ccc(Cl)cc4)c4ccc(Cl)cc4)cc23)CC1. The van der Waals surface area contributed by atoms with E-state index in [4.69, 9.17) is 33.2 Å². The van der Waals surface area contributed by atoms with Crippen LogP contribution in [0.1, 0.15) is 60.0 Å². The number of nitrogens with zero attached hydrogens (tertiary/aromatic N) is 3. The molecule has 2 heterocycles. The van der Waals surface area contributed by atoms with Gasteiger partial charge < -0.3 is 5.32 Å². The number of anilines is 1. The van der Waals surface area contributed by atoms with E-state index in [0.29, 0.717) is 41.9 Å². The van der Waals surface area contributed by atoms with Crippen LogP contribution < -0.4 is 5.32 Å².